The highest BCUT2D eigenvalue weighted by Gasteiger charge is 2.73. The number of hydrogen-bond acceptors (Lipinski definition) is 5. The SMILES string of the molecule is CC1(C)C2CC[C@]3(C)C(C(=O)C=C4[C@H]5C[C@@](C)(C(=O)O)CC[C@]5(C)CC[C@]43C)[C@@]2(C)CC[C@]12OC(=O)CCC2=O. The molecule has 40 heavy (non-hydrogen) atoms. The van der Waals surface area contributed by atoms with Crippen LogP contribution in [0.2, 0.25) is 0 Å². The number of ketones is 2. The van der Waals surface area contributed by atoms with Crippen LogP contribution >= 0.6 is 0 Å². The van der Waals surface area contributed by atoms with E-state index in [4.69, 9.17) is 4.74 Å². The third-order valence-electron chi connectivity index (χ3n) is 14.6. The Morgan fingerprint density at radius 3 is 2.23 bits per heavy atom. The number of Topliss-reactive ketones (excluding diaryl/α,β-unsaturated/α-hetero) is 1. The highest BCUT2D eigenvalue weighted by molar-refractivity contribution is 5.97. The molecule has 6 nitrogen and oxygen atoms in total. The van der Waals surface area contributed by atoms with Crippen molar-refractivity contribution in [3.8, 4) is 0 Å². The molecule has 0 aromatic heterocycles. The van der Waals surface area contributed by atoms with Gasteiger partial charge in [-0.2, -0.15) is 0 Å². The second-order valence-electron chi connectivity index (χ2n) is 16.5. The number of carboxylic acids is 1. The van der Waals surface area contributed by atoms with Gasteiger partial charge in [0.25, 0.3) is 0 Å². The van der Waals surface area contributed by atoms with Crippen LogP contribution < -0.4 is 0 Å². The number of aliphatic carboxylic acids is 1. The van der Waals surface area contributed by atoms with Crippen molar-refractivity contribution in [1.82, 2.24) is 0 Å². The first-order chi connectivity index (χ1) is 18.4. The van der Waals surface area contributed by atoms with Crippen LogP contribution in [0, 0.1) is 50.2 Å². The van der Waals surface area contributed by atoms with Crippen LogP contribution in [0.3, 0.4) is 0 Å². The Kier molecular flexibility index (Phi) is 5.70. The molecule has 0 aromatic carbocycles. The average Bonchev–Trinajstić information content (AvgIpc) is 2.86. The average molecular weight is 553 g/mol. The zero-order valence-corrected chi connectivity index (χ0v) is 25.6. The van der Waals surface area contributed by atoms with E-state index < -0.39 is 22.4 Å². The molecule has 6 rings (SSSR count). The maximum absolute atomic E-state index is 14.5. The van der Waals surface area contributed by atoms with E-state index >= 15 is 0 Å². The Morgan fingerprint density at radius 2 is 1.55 bits per heavy atom. The minimum atomic E-state index is -1.10. The van der Waals surface area contributed by atoms with Crippen LogP contribution in [0.1, 0.15) is 119 Å². The summed E-state index contributed by atoms with van der Waals surface area (Å²) >= 11 is 0. The van der Waals surface area contributed by atoms with Crippen molar-refractivity contribution in [2.45, 2.75) is 125 Å². The highest BCUT2D eigenvalue weighted by atomic mass is 16.6. The molecule has 9 atom stereocenters. The first-order valence-electron chi connectivity index (χ1n) is 15.6. The molecule has 1 N–H and O–H groups in total. The van der Waals surface area contributed by atoms with Crippen molar-refractivity contribution >= 4 is 23.5 Å². The Balaban J connectivity index is 1.43. The molecule has 1 spiro atoms. The van der Waals surface area contributed by atoms with Crippen LogP contribution in [-0.4, -0.2) is 34.2 Å². The van der Waals surface area contributed by atoms with Crippen LogP contribution in [0.5, 0.6) is 0 Å². The van der Waals surface area contributed by atoms with Gasteiger partial charge >= 0.3 is 11.9 Å². The molecular formula is C34H48O6. The summed E-state index contributed by atoms with van der Waals surface area (Å²) in [5.41, 5.74) is -1.97. The topological polar surface area (TPSA) is 97.7 Å². The number of fused-ring (bicyclic) bond motifs is 7. The van der Waals surface area contributed by atoms with Crippen molar-refractivity contribution in [2.75, 3.05) is 0 Å². The predicted octanol–water partition coefficient (Wildman–Crippen LogP) is 6.70. The van der Waals surface area contributed by atoms with Crippen molar-refractivity contribution < 1.29 is 29.0 Å². The summed E-state index contributed by atoms with van der Waals surface area (Å²) in [4.78, 5) is 52.8. The summed E-state index contributed by atoms with van der Waals surface area (Å²) in [6.07, 6.45) is 9.51. The summed E-state index contributed by atoms with van der Waals surface area (Å²) in [5, 5.41) is 10.1. The predicted molar refractivity (Wildman–Crippen MR) is 150 cm³/mol. The standard InChI is InChI=1S/C34H48O6/c1-28(2)23-10-11-33(7)26(31(23,5)15-17-34(28)24(36)8-9-25(37)40-34)22(35)18-20-21-19-30(4,27(38)39)13-12-29(21,3)14-16-32(20,33)6/h18,21,23,26H,8-17,19H2,1-7H3,(H,38,39)/t21-,23?,26?,29-,30+,31+,32-,33-,34-/m1/s1. The molecule has 2 unspecified atom stereocenters. The highest BCUT2D eigenvalue weighted by Crippen LogP contribution is 2.76. The lowest BCUT2D eigenvalue weighted by atomic mass is 9.32. The fourth-order valence-electron chi connectivity index (χ4n) is 11.7. The van der Waals surface area contributed by atoms with Crippen molar-refractivity contribution in [3.05, 3.63) is 11.6 Å². The molecule has 0 amide bonds. The van der Waals surface area contributed by atoms with E-state index in [-0.39, 0.29) is 69.8 Å². The fourth-order valence-corrected chi connectivity index (χ4v) is 11.7. The van der Waals surface area contributed by atoms with Crippen molar-refractivity contribution in [3.63, 3.8) is 0 Å². The summed E-state index contributed by atoms with van der Waals surface area (Å²) in [5.74, 6) is -0.788. The summed E-state index contributed by atoms with van der Waals surface area (Å²) in [7, 11) is 0. The molecule has 0 radical (unpaired) electrons. The van der Waals surface area contributed by atoms with Gasteiger partial charge < -0.3 is 9.84 Å². The lowest BCUT2D eigenvalue weighted by Gasteiger charge is -2.71. The minimum Gasteiger partial charge on any atom is -0.481 e. The summed E-state index contributed by atoms with van der Waals surface area (Å²) in [6.45, 7) is 15.4. The zero-order valence-electron chi connectivity index (χ0n) is 25.6. The molecule has 1 saturated heterocycles. The first-order valence-corrected chi connectivity index (χ1v) is 15.6. The van der Waals surface area contributed by atoms with E-state index in [1.165, 1.54) is 5.57 Å². The maximum Gasteiger partial charge on any atom is 0.309 e. The van der Waals surface area contributed by atoms with E-state index in [1.807, 2.05) is 13.0 Å². The molecule has 4 saturated carbocycles. The molecular weight excluding hydrogens is 504 g/mol. The van der Waals surface area contributed by atoms with Crippen LogP contribution in [0.4, 0.5) is 0 Å². The Morgan fingerprint density at radius 1 is 0.875 bits per heavy atom. The van der Waals surface area contributed by atoms with Gasteiger partial charge in [-0.05, 0) is 104 Å². The number of rotatable bonds is 1. The van der Waals surface area contributed by atoms with E-state index in [0.29, 0.717) is 25.7 Å². The fraction of sp³-hybridized carbons (Fsp3) is 0.824. The molecule has 1 aliphatic heterocycles. The van der Waals surface area contributed by atoms with Crippen LogP contribution in [-0.2, 0) is 23.9 Å². The van der Waals surface area contributed by atoms with Crippen LogP contribution in [0.25, 0.3) is 0 Å². The monoisotopic (exact) mass is 552 g/mol. The molecule has 6 heteroatoms. The smallest absolute Gasteiger partial charge is 0.309 e. The van der Waals surface area contributed by atoms with Crippen LogP contribution in [0.15, 0.2) is 11.6 Å². The second kappa shape index (κ2) is 8.10. The van der Waals surface area contributed by atoms with E-state index in [1.54, 1.807) is 0 Å². The van der Waals surface area contributed by atoms with Gasteiger partial charge in [0.2, 0.25) is 0 Å². The third-order valence-corrected chi connectivity index (χ3v) is 14.6. The van der Waals surface area contributed by atoms with Gasteiger partial charge in [0, 0.05) is 17.8 Å². The number of ether oxygens (including phenoxy) is 1. The molecule has 220 valence electrons. The summed E-state index contributed by atoms with van der Waals surface area (Å²) < 4.78 is 6.01. The van der Waals surface area contributed by atoms with Gasteiger partial charge in [-0.25, -0.2) is 0 Å². The van der Waals surface area contributed by atoms with Gasteiger partial charge in [0.15, 0.2) is 17.2 Å². The molecule has 1 heterocycles. The minimum absolute atomic E-state index is 0.0231. The second-order valence-corrected chi connectivity index (χ2v) is 16.5. The van der Waals surface area contributed by atoms with Gasteiger partial charge in [-0.3, -0.25) is 19.2 Å². The van der Waals surface area contributed by atoms with Gasteiger partial charge in [0.05, 0.1) is 11.8 Å². The first kappa shape index (κ1) is 28.2. The third kappa shape index (κ3) is 3.17. The van der Waals surface area contributed by atoms with E-state index in [9.17, 15) is 24.3 Å². The maximum atomic E-state index is 14.5. The largest absolute Gasteiger partial charge is 0.481 e. The lowest BCUT2D eigenvalue weighted by molar-refractivity contribution is -0.241. The zero-order chi connectivity index (χ0) is 29.3. The number of carbonyl (C=O) groups excluding carboxylic acids is 3. The lowest BCUT2D eigenvalue weighted by Crippen LogP contribution is -2.71. The van der Waals surface area contributed by atoms with E-state index in [2.05, 4.69) is 41.5 Å². The number of carbonyl (C=O) groups is 4. The molecule has 0 bridgehead atoms. The number of esters is 1. The number of allylic oxidation sites excluding steroid dienone is 2. The van der Waals surface area contributed by atoms with Gasteiger partial charge in [-0.1, -0.05) is 47.1 Å². The number of carboxylic acid groups (broad SMARTS) is 1. The Labute approximate surface area is 239 Å². The van der Waals surface area contributed by atoms with Gasteiger partial charge in [0.1, 0.15) is 0 Å². The van der Waals surface area contributed by atoms with Crippen molar-refractivity contribution in [1.29, 1.82) is 0 Å². The number of hydrogen-bond donors (Lipinski definition) is 1. The normalized spacial score (nSPS) is 51.5. The Hall–Kier alpha value is -1.98. The molecule has 6 aliphatic rings. The quantitative estimate of drug-likeness (QED) is 0.364. The van der Waals surface area contributed by atoms with Crippen molar-refractivity contribution in [2.24, 2.45) is 50.2 Å². The molecule has 5 fully saturated rings. The van der Waals surface area contributed by atoms with Gasteiger partial charge in [-0.15, -0.1) is 0 Å². The molecule has 0 aromatic rings. The molecule has 5 aliphatic carbocycles. The summed E-state index contributed by atoms with van der Waals surface area (Å²) in [6, 6.07) is 0. The van der Waals surface area contributed by atoms with E-state index in [0.717, 1.165) is 32.1 Å². The Bertz CT molecular complexity index is 1250.